The summed E-state index contributed by atoms with van der Waals surface area (Å²) in [6.07, 6.45) is 8.11. The highest BCUT2D eigenvalue weighted by atomic mass is 16.2. The van der Waals surface area contributed by atoms with Crippen molar-refractivity contribution in [3.63, 3.8) is 0 Å². The van der Waals surface area contributed by atoms with Crippen LogP contribution in [0.1, 0.15) is 36.0 Å². The number of rotatable bonds is 1. The van der Waals surface area contributed by atoms with Gasteiger partial charge in [-0.25, -0.2) is 0 Å². The molecule has 2 aliphatic rings. The highest BCUT2D eigenvalue weighted by molar-refractivity contribution is 5.97. The molecule has 1 amide bonds. The minimum Gasteiger partial charge on any atom is -0.339 e. The number of carbonyl (C=O) groups excluding carboxylic acids is 1. The average molecular weight is 310 g/mol. The number of fused-ring (bicyclic) bond motifs is 1. The van der Waals surface area contributed by atoms with E-state index < -0.39 is 0 Å². The lowest BCUT2D eigenvalue weighted by atomic mass is 9.71. The Morgan fingerprint density at radius 2 is 1.70 bits per heavy atom. The number of nitrogens with one attached hydrogen (secondary N) is 1. The molecule has 2 fully saturated rings. The van der Waals surface area contributed by atoms with E-state index in [-0.39, 0.29) is 5.91 Å². The Hall–Kier alpha value is -2.01. The highest BCUT2D eigenvalue weighted by Gasteiger charge is 2.36. The maximum absolute atomic E-state index is 12.8. The van der Waals surface area contributed by atoms with Crippen LogP contribution in [0.25, 0.3) is 11.0 Å². The molecule has 1 aromatic heterocycles. The van der Waals surface area contributed by atoms with Gasteiger partial charge in [-0.2, -0.15) is 0 Å². The molecule has 0 aliphatic carbocycles. The van der Waals surface area contributed by atoms with Crippen molar-refractivity contribution in [2.24, 2.45) is 5.41 Å². The van der Waals surface area contributed by atoms with E-state index in [4.69, 9.17) is 0 Å². The van der Waals surface area contributed by atoms with Gasteiger partial charge in [0.1, 0.15) is 0 Å². The van der Waals surface area contributed by atoms with Crippen LogP contribution in [-0.4, -0.2) is 47.0 Å². The van der Waals surface area contributed by atoms with E-state index in [2.05, 4.69) is 15.3 Å². The van der Waals surface area contributed by atoms with Gasteiger partial charge in [-0.15, -0.1) is 0 Å². The Kier molecular flexibility index (Phi) is 3.73. The SMILES string of the molecule is O=C(c1ccc2nccnc2c1)N1CCC2(CCNCC2)CC1. The molecule has 0 atom stereocenters. The monoisotopic (exact) mass is 310 g/mol. The van der Waals surface area contributed by atoms with Crippen LogP contribution < -0.4 is 5.32 Å². The molecule has 5 nitrogen and oxygen atoms in total. The van der Waals surface area contributed by atoms with Gasteiger partial charge in [0.25, 0.3) is 5.91 Å². The quantitative estimate of drug-likeness (QED) is 0.877. The van der Waals surface area contributed by atoms with E-state index in [1.165, 1.54) is 12.8 Å². The summed E-state index contributed by atoms with van der Waals surface area (Å²) < 4.78 is 0. The molecule has 0 bridgehead atoms. The fourth-order valence-electron chi connectivity index (χ4n) is 3.92. The van der Waals surface area contributed by atoms with Gasteiger partial charge < -0.3 is 10.2 Å². The van der Waals surface area contributed by atoms with E-state index in [9.17, 15) is 4.79 Å². The van der Waals surface area contributed by atoms with Crippen molar-refractivity contribution < 1.29 is 4.79 Å². The molecule has 2 aromatic rings. The van der Waals surface area contributed by atoms with E-state index in [1.807, 2.05) is 23.1 Å². The molecule has 0 radical (unpaired) electrons. The molecule has 0 unspecified atom stereocenters. The van der Waals surface area contributed by atoms with E-state index >= 15 is 0 Å². The second-order valence-corrected chi connectivity index (χ2v) is 6.80. The van der Waals surface area contributed by atoms with Gasteiger partial charge in [0.05, 0.1) is 11.0 Å². The number of amides is 1. The molecule has 2 saturated heterocycles. The first-order valence-corrected chi connectivity index (χ1v) is 8.47. The van der Waals surface area contributed by atoms with Crippen molar-refractivity contribution in [1.29, 1.82) is 0 Å². The standard InChI is InChI=1S/C18H22N4O/c23-17(14-1-2-15-16(13-14)21-10-9-20-15)22-11-5-18(6-12-22)3-7-19-8-4-18/h1-2,9-10,13,19H,3-8,11-12H2. The van der Waals surface area contributed by atoms with Crippen LogP contribution in [-0.2, 0) is 0 Å². The van der Waals surface area contributed by atoms with Crippen molar-refractivity contribution >= 4 is 16.9 Å². The third-order valence-corrected chi connectivity index (χ3v) is 5.49. The predicted molar refractivity (Wildman–Crippen MR) is 89.2 cm³/mol. The summed E-state index contributed by atoms with van der Waals surface area (Å²) >= 11 is 0. The molecule has 1 spiro atoms. The van der Waals surface area contributed by atoms with Crippen molar-refractivity contribution in [3.8, 4) is 0 Å². The van der Waals surface area contributed by atoms with Gasteiger partial charge in [0, 0.05) is 31.0 Å². The largest absolute Gasteiger partial charge is 0.339 e. The molecule has 23 heavy (non-hydrogen) atoms. The molecule has 1 N–H and O–H groups in total. The highest BCUT2D eigenvalue weighted by Crippen LogP contribution is 2.39. The molecule has 4 rings (SSSR count). The van der Waals surface area contributed by atoms with Gasteiger partial charge in [-0.3, -0.25) is 14.8 Å². The summed E-state index contributed by atoms with van der Waals surface area (Å²) in [7, 11) is 0. The summed E-state index contributed by atoms with van der Waals surface area (Å²) in [5.74, 6) is 0.126. The molecule has 2 aliphatic heterocycles. The van der Waals surface area contributed by atoms with Crippen molar-refractivity contribution in [2.75, 3.05) is 26.2 Å². The number of aromatic nitrogens is 2. The summed E-state index contributed by atoms with van der Waals surface area (Å²) in [6.45, 7) is 3.99. The maximum atomic E-state index is 12.8. The van der Waals surface area contributed by atoms with E-state index in [1.54, 1.807) is 12.4 Å². The number of hydrogen-bond donors (Lipinski definition) is 1. The van der Waals surface area contributed by atoms with Gasteiger partial charge in [-0.05, 0) is 62.4 Å². The molecule has 120 valence electrons. The number of benzene rings is 1. The first kappa shape index (κ1) is 14.6. The van der Waals surface area contributed by atoms with Crippen LogP contribution in [0, 0.1) is 5.41 Å². The van der Waals surface area contributed by atoms with Crippen LogP contribution in [0.5, 0.6) is 0 Å². The summed E-state index contributed by atoms with van der Waals surface area (Å²) in [6, 6.07) is 5.61. The van der Waals surface area contributed by atoms with Crippen LogP contribution in [0.3, 0.4) is 0 Å². The number of nitrogens with zero attached hydrogens (tertiary/aromatic N) is 3. The van der Waals surface area contributed by atoms with Crippen LogP contribution in [0.15, 0.2) is 30.6 Å². The number of carbonyl (C=O) groups is 1. The predicted octanol–water partition coefficient (Wildman–Crippen LogP) is 2.24. The molecule has 5 heteroatoms. The summed E-state index contributed by atoms with van der Waals surface area (Å²) in [5, 5.41) is 3.44. The maximum Gasteiger partial charge on any atom is 0.253 e. The smallest absolute Gasteiger partial charge is 0.253 e. The summed E-state index contributed by atoms with van der Waals surface area (Å²) in [4.78, 5) is 23.3. The zero-order chi connectivity index (χ0) is 15.7. The van der Waals surface area contributed by atoms with Crippen LogP contribution >= 0.6 is 0 Å². The third-order valence-electron chi connectivity index (χ3n) is 5.49. The Bertz CT molecular complexity index is 714. The van der Waals surface area contributed by atoms with E-state index in [0.29, 0.717) is 5.41 Å². The fourth-order valence-corrected chi connectivity index (χ4v) is 3.92. The normalized spacial score (nSPS) is 20.8. The zero-order valence-corrected chi connectivity index (χ0v) is 13.3. The Morgan fingerprint density at radius 1 is 1.00 bits per heavy atom. The Balaban J connectivity index is 1.48. The lowest BCUT2D eigenvalue weighted by molar-refractivity contribution is 0.0496. The molecular formula is C18H22N4O. The van der Waals surface area contributed by atoms with Crippen molar-refractivity contribution in [1.82, 2.24) is 20.2 Å². The average Bonchev–Trinajstić information content (AvgIpc) is 2.62. The van der Waals surface area contributed by atoms with E-state index in [0.717, 1.165) is 55.6 Å². The lowest BCUT2D eigenvalue weighted by Gasteiger charge is -2.44. The zero-order valence-electron chi connectivity index (χ0n) is 13.3. The second-order valence-electron chi connectivity index (χ2n) is 6.80. The number of piperidine rings is 2. The third kappa shape index (κ3) is 2.81. The van der Waals surface area contributed by atoms with Gasteiger partial charge in [0.2, 0.25) is 0 Å². The number of hydrogen-bond acceptors (Lipinski definition) is 4. The first-order chi connectivity index (χ1) is 11.3. The minimum absolute atomic E-state index is 0.126. The van der Waals surface area contributed by atoms with Gasteiger partial charge in [0.15, 0.2) is 0 Å². The van der Waals surface area contributed by atoms with Crippen molar-refractivity contribution in [2.45, 2.75) is 25.7 Å². The number of likely N-dealkylation sites (tertiary alicyclic amines) is 1. The summed E-state index contributed by atoms with van der Waals surface area (Å²) in [5.41, 5.74) is 2.80. The molecule has 0 saturated carbocycles. The first-order valence-electron chi connectivity index (χ1n) is 8.47. The van der Waals surface area contributed by atoms with Crippen LogP contribution in [0.4, 0.5) is 0 Å². The fraction of sp³-hybridized carbons (Fsp3) is 0.500. The Morgan fingerprint density at radius 3 is 2.43 bits per heavy atom. The van der Waals surface area contributed by atoms with Gasteiger partial charge >= 0.3 is 0 Å². The van der Waals surface area contributed by atoms with Crippen LogP contribution in [0.2, 0.25) is 0 Å². The second kappa shape index (κ2) is 5.89. The minimum atomic E-state index is 0.126. The van der Waals surface area contributed by atoms with Gasteiger partial charge in [-0.1, -0.05) is 0 Å². The van der Waals surface area contributed by atoms with Crippen molar-refractivity contribution in [3.05, 3.63) is 36.2 Å². The molecule has 1 aromatic carbocycles. The molecular weight excluding hydrogens is 288 g/mol. The topological polar surface area (TPSA) is 58.1 Å². The Labute approximate surface area is 136 Å². The molecule has 3 heterocycles. The lowest BCUT2D eigenvalue weighted by Crippen LogP contribution is -2.47.